The minimum atomic E-state index is 0.0956. The fourth-order valence-corrected chi connectivity index (χ4v) is 4.20. The van der Waals surface area contributed by atoms with Gasteiger partial charge in [0.2, 0.25) is 17.6 Å². The molecule has 0 bridgehead atoms. The molecule has 1 amide bonds. The van der Waals surface area contributed by atoms with Crippen LogP contribution in [-0.4, -0.2) is 51.1 Å². The standard InChI is InChI=1S/C21H29ClN4O2S/c1-21(2,3)29-13-10-23-20(27)16-8-11-26(12-9-16)14-18-24-19(25-28-18)15-4-6-17(22)7-5-15/h4-7,16H,8-14H2,1-3H3,(H,23,27). The molecule has 0 spiro atoms. The zero-order valence-electron chi connectivity index (χ0n) is 17.3. The summed E-state index contributed by atoms with van der Waals surface area (Å²) in [6, 6.07) is 7.37. The lowest BCUT2D eigenvalue weighted by molar-refractivity contribution is -0.126. The van der Waals surface area contributed by atoms with Crippen molar-refractivity contribution in [1.29, 1.82) is 0 Å². The Kier molecular flexibility index (Phi) is 7.60. The Morgan fingerprint density at radius 3 is 2.62 bits per heavy atom. The fraction of sp³-hybridized carbons (Fsp3) is 0.571. The Labute approximate surface area is 181 Å². The molecular weight excluding hydrogens is 408 g/mol. The summed E-state index contributed by atoms with van der Waals surface area (Å²) in [7, 11) is 0. The van der Waals surface area contributed by atoms with Crippen LogP contribution < -0.4 is 5.32 Å². The van der Waals surface area contributed by atoms with E-state index < -0.39 is 0 Å². The first-order chi connectivity index (χ1) is 13.8. The van der Waals surface area contributed by atoms with Crippen molar-refractivity contribution in [2.24, 2.45) is 5.92 Å². The third-order valence-corrected chi connectivity index (χ3v) is 6.35. The lowest BCUT2D eigenvalue weighted by Crippen LogP contribution is -2.40. The van der Waals surface area contributed by atoms with E-state index in [9.17, 15) is 4.79 Å². The number of halogens is 1. The van der Waals surface area contributed by atoms with Crippen molar-refractivity contribution in [1.82, 2.24) is 20.4 Å². The molecule has 0 aliphatic carbocycles. The molecule has 3 rings (SSSR count). The van der Waals surface area contributed by atoms with Gasteiger partial charge in [-0.2, -0.15) is 16.7 Å². The second-order valence-corrected chi connectivity index (χ2v) is 10.7. The summed E-state index contributed by atoms with van der Waals surface area (Å²) in [6.07, 6.45) is 1.72. The zero-order valence-corrected chi connectivity index (χ0v) is 18.9. The van der Waals surface area contributed by atoms with Gasteiger partial charge in [0.15, 0.2) is 0 Å². The average Bonchev–Trinajstić information content (AvgIpc) is 3.14. The molecule has 0 radical (unpaired) electrons. The second-order valence-electron chi connectivity index (χ2n) is 8.32. The molecule has 1 aliphatic rings. The average molecular weight is 437 g/mol. The number of nitrogens with zero attached hydrogens (tertiary/aromatic N) is 3. The first kappa shape index (κ1) is 22.1. The van der Waals surface area contributed by atoms with Crippen molar-refractivity contribution in [2.45, 2.75) is 44.9 Å². The predicted molar refractivity (Wildman–Crippen MR) is 118 cm³/mol. The van der Waals surface area contributed by atoms with Crippen LogP contribution in [0.25, 0.3) is 11.4 Å². The van der Waals surface area contributed by atoms with E-state index in [2.05, 4.69) is 41.1 Å². The van der Waals surface area contributed by atoms with E-state index in [-0.39, 0.29) is 16.6 Å². The van der Waals surface area contributed by atoms with Crippen LogP contribution in [0.5, 0.6) is 0 Å². The van der Waals surface area contributed by atoms with Gasteiger partial charge in [0.25, 0.3) is 0 Å². The van der Waals surface area contributed by atoms with Gasteiger partial charge in [0, 0.05) is 33.5 Å². The summed E-state index contributed by atoms with van der Waals surface area (Å²) in [6.45, 7) is 9.62. The smallest absolute Gasteiger partial charge is 0.241 e. The molecule has 2 aromatic rings. The van der Waals surface area contributed by atoms with Crippen LogP contribution in [0.1, 0.15) is 39.5 Å². The number of carbonyl (C=O) groups excluding carboxylic acids is 1. The maximum absolute atomic E-state index is 12.4. The summed E-state index contributed by atoms with van der Waals surface area (Å²) < 4.78 is 5.64. The Hall–Kier alpha value is -1.57. The number of likely N-dealkylation sites (tertiary alicyclic amines) is 1. The fourth-order valence-electron chi connectivity index (χ4n) is 3.26. The highest BCUT2D eigenvalue weighted by Gasteiger charge is 2.26. The van der Waals surface area contributed by atoms with Crippen molar-refractivity contribution >= 4 is 29.3 Å². The van der Waals surface area contributed by atoms with Crippen LogP contribution >= 0.6 is 23.4 Å². The summed E-state index contributed by atoms with van der Waals surface area (Å²) in [5.41, 5.74) is 0.879. The molecule has 6 nitrogen and oxygen atoms in total. The molecule has 1 aliphatic heterocycles. The van der Waals surface area contributed by atoms with Gasteiger partial charge in [-0.25, -0.2) is 0 Å². The molecule has 1 saturated heterocycles. The van der Waals surface area contributed by atoms with Crippen LogP contribution in [0.3, 0.4) is 0 Å². The summed E-state index contributed by atoms with van der Waals surface area (Å²) in [4.78, 5) is 19.1. The summed E-state index contributed by atoms with van der Waals surface area (Å²) in [5.74, 6) is 2.39. The number of aromatic nitrogens is 2. The first-order valence-electron chi connectivity index (χ1n) is 10.0. The monoisotopic (exact) mass is 436 g/mol. The van der Waals surface area contributed by atoms with Gasteiger partial charge in [-0.1, -0.05) is 37.5 Å². The lowest BCUT2D eigenvalue weighted by Gasteiger charge is -2.30. The van der Waals surface area contributed by atoms with Gasteiger partial charge in [-0.3, -0.25) is 9.69 Å². The molecule has 1 fully saturated rings. The molecule has 2 heterocycles. The van der Waals surface area contributed by atoms with Crippen LogP contribution in [0.4, 0.5) is 0 Å². The zero-order chi connectivity index (χ0) is 20.9. The second kappa shape index (κ2) is 9.96. The Balaban J connectivity index is 1.41. The molecule has 8 heteroatoms. The third-order valence-electron chi connectivity index (χ3n) is 4.82. The maximum Gasteiger partial charge on any atom is 0.241 e. The largest absolute Gasteiger partial charge is 0.355 e. The highest BCUT2D eigenvalue weighted by Crippen LogP contribution is 2.23. The topological polar surface area (TPSA) is 71.3 Å². The summed E-state index contributed by atoms with van der Waals surface area (Å²) >= 11 is 7.79. The van der Waals surface area contributed by atoms with Gasteiger partial charge in [-0.05, 0) is 50.2 Å². The number of carbonyl (C=O) groups is 1. The molecule has 0 saturated carbocycles. The van der Waals surface area contributed by atoms with E-state index in [1.165, 1.54) is 0 Å². The van der Waals surface area contributed by atoms with Crippen molar-refractivity contribution in [2.75, 3.05) is 25.4 Å². The number of rotatable bonds is 7. The number of nitrogens with one attached hydrogen (secondary N) is 1. The molecule has 0 atom stereocenters. The van der Waals surface area contributed by atoms with E-state index >= 15 is 0 Å². The quantitative estimate of drug-likeness (QED) is 0.654. The van der Waals surface area contributed by atoms with Gasteiger partial charge in [-0.15, -0.1) is 0 Å². The molecule has 1 aromatic heterocycles. The number of amides is 1. The Morgan fingerprint density at radius 1 is 1.28 bits per heavy atom. The first-order valence-corrected chi connectivity index (χ1v) is 11.4. The molecule has 1 N–H and O–H groups in total. The normalized spacial score (nSPS) is 16.1. The Morgan fingerprint density at radius 2 is 1.97 bits per heavy atom. The number of benzene rings is 1. The van der Waals surface area contributed by atoms with Crippen molar-refractivity contribution in [3.05, 3.63) is 35.2 Å². The Bertz CT molecular complexity index is 796. The van der Waals surface area contributed by atoms with Crippen LogP contribution in [0.15, 0.2) is 28.8 Å². The minimum absolute atomic E-state index is 0.0956. The van der Waals surface area contributed by atoms with Gasteiger partial charge < -0.3 is 9.84 Å². The van der Waals surface area contributed by atoms with Crippen molar-refractivity contribution in [3.8, 4) is 11.4 Å². The lowest BCUT2D eigenvalue weighted by atomic mass is 9.96. The van der Waals surface area contributed by atoms with Crippen molar-refractivity contribution < 1.29 is 9.32 Å². The van der Waals surface area contributed by atoms with Gasteiger partial charge in [0.1, 0.15) is 0 Å². The highest BCUT2D eigenvalue weighted by molar-refractivity contribution is 8.00. The van der Waals surface area contributed by atoms with Crippen LogP contribution in [0.2, 0.25) is 5.02 Å². The number of hydrogen-bond acceptors (Lipinski definition) is 6. The molecule has 0 unspecified atom stereocenters. The van der Waals surface area contributed by atoms with E-state index in [0.29, 0.717) is 23.3 Å². The maximum atomic E-state index is 12.4. The van der Waals surface area contributed by atoms with Gasteiger partial charge >= 0.3 is 0 Å². The molecule has 158 valence electrons. The van der Waals surface area contributed by atoms with Crippen LogP contribution in [-0.2, 0) is 11.3 Å². The van der Waals surface area contributed by atoms with E-state index in [1.807, 2.05) is 36.0 Å². The SMILES string of the molecule is CC(C)(C)SCCNC(=O)C1CCN(Cc2nc(-c3ccc(Cl)cc3)no2)CC1. The number of hydrogen-bond donors (Lipinski definition) is 1. The molecule has 29 heavy (non-hydrogen) atoms. The number of thioether (sulfide) groups is 1. The molecule has 1 aromatic carbocycles. The van der Waals surface area contributed by atoms with E-state index in [4.69, 9.17) is 16.1 Å². The van der Waals surface area contributed by atoms with Crippen LogP contribution in [0, 0.1) is 5.92 Å². The summed E-state index contributed by atoms with van der Waals surface area (Å²) in [5, 5.41) is 7.83. The van der Waals surface area contributed by atoms with Gasteiger partial charge in [0.05, 0.1) is 6.54 Å². The number of piperidine rings is 1. The minimum Gasteiger partial charge on any atom is -0.355 e. The van der Waals surface area contributed by atoms with E-state index in [1.54, 1.807) is 0 Å². The third kappa shape index (κ3) is 7.01. The highest BCUT2D eigenvalue weighted by atomic mass is 35.5. The molecular formula is C21H29ClN4O2S. The van der Waals surface area contributed by atoms with E-state index in [0.717, 1.165) is 43.8 Å². The predicted octanol–water partition coefficient (Wildman–Crippen LogP) is 4.25. The van der Waals surface area contributed by atoms with Crippen molar-refractivity contribution in [3.63, 3.8) is 0 Å².